The van der Waals surface area contributed by atoms with Crippen LogP contribution in [0.5, 0.6) is 0 Å². The Morgan fingerprint density at radius 1 is 1.38 bits per heavy atom. The van der Waals surface area contributed by atoms with Gasteiger partial charge in [-0.05, 0) is 26.7 Å². The Bertz CT molecular complexity index is 230. The molecule has 0 saturated heterocycles. The molecule has 0 aliphatic carbocycles. The second kappa shape index (κ2) is 9.23. The van der Waals surface area contributed by atoms with Crippen molar-refractivity contribution in [3.63, 3.8) is 0 Å². The van der Waals surface area contributed by atoms with Crippen molar-refractivity contribution < 1.29 is 9.53 Å². The Morgan fingerprint density at radius 3 is 2.38 bits per heavy atom. The number of esters is 1. The standard InChI is InChI=1S/C9H20N4O2.ClH/c1-6(2)15-8(14)7(10)4-3-5-13-9(11)12;/h6-7H,3-5,10H2,1-2H3,(H4,11,12,13);1H/t7-;/m0./s1. The first-order valence-corrected chi connectivity index (χ1v) is 4.95. The van der Waals surface area contributed by atoms with Crippen LogP contribution in [0.2, 0.25) is 0 Å². The molecule has 0 spiro atoms. The lowest BCUT2D eigenvalue weighted by molar-refractivity contribution is -0.149. The number of rotatable bonds is 6. The number of halogens is 1. The van der Waals surface area contributed by atoms with Crippen molar-refractivity contribution in [3.8, 4) is 0 Å². The lowest BCUT2D eigenvalue weighted by Crippen LogP contribution is -2.34. The van der Waals surface area contributed by atoms with E-state index in [1.165, 1.54) is 0 Å². The van der Waals surface area contributed by atoms with Crippen LogP contribution in [0, 0.1) is 0 Å². The quantitative estimate of drug-likeness (QED) is 0.261. The number of hydrogen-bond acceptors (Lipinski definition) is 4. The summed E-state index contributed by atoms with van der Waals surface area (Å²) >= 11 is 0. The fraction of sp³-hybridized carbons (Fsp3) is 0.778. The maximum atomic E-state index is 11.2. The van der Waals surface area contributed by atoms with Gasteiger partial charge in [0.2, 0.25) is 0 Å². The van der Waals surface area contributed by atoms with Gasteiger partial charge < -0.3 is 21.9 Å². The van der Waals surface area contributed by atoms with Gasteiger partial charge in [0.15, 0.2) is 5.96 Å². The molecule has 16 heavy (non-hydrogen) atoms. The molecule has 0 saturated carbocycles. The Morgan fingerprint density at radius 2 is 1.94 bits per heavy atom. The van der Waals surface area contributed by atoms with Crippen LogP contribution in [0.25, 0.3) is 0 Å². The molecule has 0 aromatic rings. The van der Waals surface area contributed by atoms with E-state index in [1.807, 2.05) is 0 Å². The molecule has 7 heteroatoms. The zero-order chi connectivity index (χ0) is 11.8. The third-order valence-electron chi connectivity index (χ3n) is 1.62. The van der Waals surface area contributed by atoms with E-state index in [2.05, 4.69) is 4.99 Å². The highest BCUT2D eigenvalue weighted by Crippen LogP contribution is 2.00. The van der Waals surface area contributed by atoms with Gasteiger partial charge in [-0.3, -0.25) is 9.79 Å². The van der Waals surface area contributed by atoms with Crippen molar-refractivity contribution in [2.75, 3.05) is 6.54 Å². The van der Waals surface area contributed by atoms with Gasteiger partial charge in [0.05, 0.1) is 6.10 Å². The molecule has 0 rings (SSSR count). The molecule has 96 valence electrons. The molecule has 0 aliphatic rings. The zero-order valence-electron chi connectivity index (χ0n) is 9.68. The monoisotopic (exact) mass is 252 g/mol. The minimum atomic E-state index is -0.596. The summed E-state index contributed by atoms with van der Waals surface area (Å²) in [6.45, 7) is 4.04. The van der Waals surface area contributed by atoms with Crippen LogP contribution >= 0.6 is 12.4 Å². The van der Waals surface area contributed by atoms with Gasteiger partial charge in [0.25, 0.3) is 0 Å². The Kier molecular flexibility index (Phi) is 10.0. The van der Waals surface area contributed by atoms with E-state index in [0.717, 1.165) is 0 Å². The number of ether oxygens (including phenoxy) is 1. The first-order valence-electron chi connectivity index (χ1n) is 4.95. The maximum Gasteiger partial charge on any atom is 0.323 e. The third kappa shape index (κ3) is 9.54. The number of hydrogen-bond donors (Lipinski definition) is 3. The van der Waals surface area contributed by atoms with Gasteiger partial charge in [-0.2, -0.15) is 0 Å². The summed E-state index contributed by atoms with van der Waals surface area (Å²) in [7, 11) is 0. The molecular weight excluding hydrogens is 232 g/mol. The van der Waals surface area contributed by atoms with Gasteiger partial charge in [-0.25, -0.2) is 0 Å². The second-order valence-corrected chi connectivity index (χ2v) is 3.54. The van der Waals surface area contributed by atoms with Crippen LogP contribution in [-0.4, -0.2) is 30.6 Å². The fourth-order valence-electron chi connectivity index (χ4n) is 0.957. The van der Waals surface area contributed by atoms with E-state index in [4.69, 9.17) is 21.9 Å². The van der Waals surface area contributed by atoms with Crippen molar-refractivity contribution in [3.05, 3.63) is 0 Å². The van der Waals surface area contributed by atoms with Crippen molar-refractivity contribution in [2.24, 2.45) is 22.2 Å². The van der Waals surface area contributed by atoms with Crippen molar-refractivity contribution >= 4 is 24.3 Å². The topological polar surface area (TPSA) is 117 Å². The van der Waals surface area contributed by atoms with E-state index in [1.54, 1.807) is 13.8 Å². The number of nitrogens with two attached hydrogens (primary N) is 3. The number of nitrogens with zero attached hydrogens (tertiary/aromatic N) is 1. The van der Waals surface area contributed by atoms with Crippen LogP contribution < -0.4 is 17.2 Å². The predicted octanol–water partition coefficient (Wildman–Crippen LogP) is -0.259. The number of carbonyl (C=O) groups excluding carboxylic acids is 1. The summed E-state index contributed by atoms with van der Waals surface area (Å²) in [5.74, 6) is -0.331. The predicted molar refractivity (Wildman–Crippen MR) is 66.4 cm³/mol. The average molecular weight is 253 g/mol. The van der Waals surface area contributed by atoms with Crippen molar-refractivity contribution in [2.45, 2.75) is 38.8 Å². The molecule has 6 nitrogen and oxygen atoms in total. The Hall–Kier alpha value is -1.01. The van der Waals surface area contributed by atoms with Gasteiger partial charge >= 0.3 is 5.97 Å². The smallest absolute Gasteiger partial charge is 0.323 e. The molecule has 0 amide bonds. The van der Waals surface area contributed by atoms with E-state index < -0.39 is 6.04 Å². The fourth-order valence-corrected chi connectivity index (χ4v) is 0.957. The van der Waals surface area contributed by atoms with Crippen molar-refractivity contribution in [1.29, 1.82) is 0 Å². The molecule has 0 aliphatic heterocycles. The molecule has 0 fully saturated rings. The van der Waals surface area contributed by atoms with Gasteiger partial charge in [0, 0.05) is 6.54 Å². The van der Waals surface area contributed by atoms with E-state index in [-0.39, 0.29) is 30.4 Å². The second-order valence-electron chi connectivity index (χ2n) is 3.54. The van der Waals surface area contributed by atoms with Crippen LogP contribution in [0.3, 0.4) is 0 Å². The average Bonchev–Trinajstić information content (AvgIpc) is 2.10. The van der Waals surface area contributed by atoms with Gasteiger partial charge in [-0.1, -0.05) is 0 Å². The summed E-state index contributed by atoms with van der Waals surface area (Å²) in [4.78, 5) is 15.0. The van der Waals surface area contributed by atoms with Crippen LogP contribution in [0.1, 0.15) is 26.7 Å². The van der Waals surface area contributed by atoms with E-state index in [0.29, 0.717) is 19.4 Å². The molecule has 0 aromatic carbocycles. The summed E-state index contributed by atoms with van der Waals surface area (Å²) < 4.78 is 4.94. The Balaban J connectivity index is 0. The molecule has 6 N–H and O–H groups in total. The summed E-state index contributed by atoms with van der Waals surface area (Å²) in [5, 5.41) is 0. The minimum Gasteiger partial charge on any atom is -0.462 e. The molecule has 0 heterocycles. The largest absolute Gasteiger partial charge is 0.462 e. The molecule has 1 atom stereocenters. The Labute approximate surface area is 102 Å². The molecule has 0 unspecified atom stereocenters. The van der Waals surface area contributed by atoms with Crippen molar-refractivity contribution in [1.82, 2.24) is 0 Å². The minimum absolute atomic E-state index is 0. The molecular formula is C9H21ClN4O2. The highest BCUT2D eigenvalue weighted by Gasteiger charge is 2.15. The number of carbonyl (C=O) groups is 1. The summed E-state index contributed by atoms with van der Waals surface area (Å²) in [6, 6.07) is -0.596. The van der Waals surface area contributed by atoms with E-state index >= 15 is 0 Å². The lowest BCUT2D eigenvalue weighted by Gasteiger charge is -2.13. The van der Waals surface area contributed by atoms with Gasteiger partial charge in [0.1, 0.15) is 6.04 Å². The molecule has 0 radical (unpaired) electrons. The van der Waals surface area contributed by atoms with Crippen LogP contribution in [0.4, 0.5) is 0 Å². The SMILES string of the molecule is CC(C)OC(=O)[C@@H](N)CCCN=C(N)N.Cl. The molecule has 0 aromatic heterocycles. The highest BCUT2D eigenvalue weighted by molar-refractivity contribution is 5.85. The number of aliphatic imine (C=N–C) groups is 1. The normalized spacial score (nSPS) is 11.5. The summed E-state index contributed by atoms with van der Waals surface area (Å²) in [5.41, 5.74) is 15.9. The van der Waals surface area contributed by atoms with Crippen LogP contribution in [0.15, 0.2) is 4.99 Å². The van der Waals surface area contributed by atoms with E-state index in [9.17, 15) is 4.79 Å². The van der Waals surface area contributed by atoms with Crippen LogP contribution in [-0.2, 0) is 9.53 Å². The maximum absolute atomic E-state index is 11.2. The third-order valence-corrected chi connectivity index (χ3v) is 1.62. The summed E-state index contributed by atoms with van der Waals surface area (Å²) in [6.07, 6.45) is 1.04. The lowest BCUT2D eigenvalue weighted by atomic mass is 10.2. The van der Waals surface area contributed by atoms with Gasteiger partial charge in [-0.15, -0.1) is 12.4 Å². The first-order chi connectivity index (χ1) is 6.93. The highest BCUT2D eigenvalue weighted by atomic mass is 35.5. The number of guanidine groups is 1. The zero-order valence-corrected chi connectivity index (χ0v) is 10.5. The molecule has 0 bridgehead atoms. The first kappa shape index (κ1) is 17.4.